The number of aromatic nitrogens is 2. The lowest BCUT2D eigenvalue weighted by atomic mass is 10.2. The monoisotopic (exact) mass is 357 g/mol. The Morgan fingerprint density at radius 1 is 1.15 bits per heavy atom. The Balaban J connectivity index is 1.38. The number of carbonyl (C=O) groups excluding carboxylic acids is 1. The third kappa shape index (κ3) is 4.76. The molecule has 0 unspecified atom stereocenters. The van der Waals surface area contributed by atoms with E-state index >= 15 is 0 Å². The molecule has 1 N–H and O–H groups in total. The van der Waals surface area contributed by atoms with Gasteiger partial charge in [-0.3, -0.25) is 4.90 Å². The van der Waals surface area contributed by atoms with Crippen LogP contribution in [0, 0.1) is 6.92 Å². The molecule has 0 radical (unpaired) electrons. The van der Waals surface area contributed by atoms with Crippen molar-refractivity contribution in [1.82, 2.24) is 24.7 Å². The molecular weight excluding hydrogens is 330 g/mol. The molecule has 1 aliphatic rings. The molecule has 3 rings (SSSR count). The molecule has 1 saturated heterocycles. The molecule has 140 valence electrons. The summed E-state index contributed by atoms with van der Waals surface area (Å²) in [6.45, 7) is 7.81. The molecule has 7 heteroatoms. The first kappa shape index (κ1) is 18.3. The van der Waals surface area contributed by atoms with Crippen molar-refractivity contribution in [2.75, 3.05) is 39.8 Å². The van der Waals surface area contributed by atoms with Gasteiger partial charge in [-0.2, -0.15) is 0 Å². The number of imidazole rings is 1. The summed E-state index contributed by atoms with van der Waals surface area (Å²) in [4.78, 5) is 20.9. The Morgan fingerprint density at radius 2 is 1.88 bits per heavy atom. The second kappa shape index (κ2) is 8.71. The zero-order chi connectivity index (χ0) is 18.4. The highest BCUT2D eigenvalue weighted by atomic mass is 16.5. The van der Waals surface area contributed by atoms with Gasteiger partial charge in [-0.1, -0.05) is 12.1 Å². The molecule has 0 bridgehead atoms. The number of hydrogen-bond acceptors (Lipinski definition) is 4. The highest BCUT2D eigenvalue weighted by Crippen LogP contribution is 2.11. The van der Waals surface area contributed by atoms with Gasteiger partial charge in [-0.15, -0.1) is 0 Å². The molecule has 1 aliphatic heterocycles. The lowest BCUT2D eigenvalue weighted by molar-refractivity contribution is 0.136. The van der Waals surface area contributed by atoms with Crippen LogP contribution in [0.25, 0.3) is 0 Å². The van der Waals surface area contributed by atoms with Crippen LogP contribution in [-0.4, -0.2) is 65.2 Å². The molecular formula is C19H27N5O2. The molecule has 1 fully saturated rings. The van der Waals surface area contributed by atoms with Crippen LogP contribution >= 0.6 is 0 Å². The fourth-order valence-corrected chi connectivity index (χ4v) is 3.10. The quantitative estimate of drug-likeness (QED) is 0.855. The van der Waals surface area contributed by atoms with E-state index in [0.717, 1.165) is 56.4 Å². The summed E-state index contributed by atoms with van der Waals surface area (Å²) in [6, 6.07) is 7.75. The number of rotatable bonds is 6. The molecule has 26 heavy (non-hydrogen) atoms. The molecule has 0 saturated carbocycles. The highest BCUT2D eigenvalue weighted by Gasteiger charge is 2.20. The average Bonchev–Trinajstić information content (AvgIpc) is 3.10. The summed E-state index contributed by atoms with van der Waals surface area (Å²) in [5.74, 6) is 1.86. The maximum atomic E-state index is 12.3. The van der Waals surface area contributed by atoms with Crippen LogP contribution in [0.3, 0.4) is 0 Å². The lowest BCUT2D eigenvalue weighted by Crippen LogP contribution is -2.52. The summed E-state index contributed by atoms with van der Waals surface area (Å²) >= 11 is 0. The smallest absolute Gasteiger partial charge is 0.317 e. The van der Waals surface area contributed by atoms with E-state index in [-0.39, 0.29) is 6.03 Å². The minimum atomic E-state index is 0.00548. The predicted molar refractivity (Wildman–Crippen MR) is 100 cm³/mol. The number of hydrogen-bond donors (Lipinski definition) is 1. The molecule has 0 spiro atoms. The van der Waals surface area contributed by atoms with Crippen LogP contribution in [0.5, 0.6) is 5.75 Å². The maximum absolute atomic E-state index is 12.3. The number of aryl methyl sites for hydroxylation is 1. The minimum Gasteiger partial charge on any atom is -0.497 e. The first-order valence-electron chi connectivity index (χ1n) is 9.01. The molecule has 1 aromatic carbocycles. The van der Waals surface area contributed by atoms with Gasteiger partial charge in [0.1, 0.15) is 11.6 Å². The first-order chi connectivity index (χ1) is 12.7. The minimum absolute atomic E-state index is 0.00548. The average molecular weight is 357 g/mol. The van der Waals surface area contributed by atoms with Crippen molar-refractivity contribution in [2.24, 2.45) is 0 Å². The van der Waals surface area contributed by atoms with E-state index < -0.39 is 0 Å². The van der Waals surface area contributed by atoms with Crippen LogP contribution in [0.15, 0.2) is 36.7 Å². The third-order valence-electron chi connectivity index (χ3n) is 4.84. The van der Waals surface area contributed by atoms with Crippen molar-refractivity contribution in [3.63, 3.8) is 0 Å². The van der Waals surface area contributed by atoms with Crippen LogP contribution in [0.4, 0.5) is 4.79 Å². The summed E-state index contributed by atoms with van der Waals surface area (Å²) in [6.07, 6.45) is 3.85. The second-order valence-corrected chi connectivity index (χ2v) is 6.50. The van der Waals surface area contributed by atoms with E-state index in [4.69, 9.17) is 4.74 Å². The van der Waals surface area contributed by atoms with Gasteiger partial charge in [0, 0.05) is 58.2 Å². The Morgan fingerprint density at radius 3 is 2.50 bits per heavy atom. The Bertz CT molecular complexity index is 705. The number of benzene rings is 1. The van der Waals surface area contributed by atoms with Crippen molar-refractivity contribution in [3.05, 3.63) is 48.0 Å². The Hall–Kier alpha value is -2.54. The number of ether oxygens (including phenoxy) is 1. The van der Waals surface area contributed by atoms with Gasteiger partial charge in [0.05, 0.1) is 7.11 Å². The number of methoxy groups -OCH3 is 1. The highest BCUT2D eigenvalue weighted by molar-refractivity contribution is 5.74. The third-order valence-corrected chi connectivity index (χ3v) is 4.84. The van der Waals surface area contributed by atoms with Crippen molar-refractivity contribution in [2.45, 2.75) is 20.0 Å². The Kier molecular flexibility index (Phi) is 6.12. The number of nitrogens with one attached hydrogen (secondary N) is 1. The molecule has 0 atom stereocenters. The van der Waals surface area contributed by atoms with Crippen LogP contribution in [0.2, 0.25) is 0 Å². The van der Waals surface area contributed by atoms with Crippen molar-refractivity contribution < 1.29 is 9.53 Å². The molecule has 2 aromatic rings. The number of piperazine rings is 1. The van der Waals surface area contributed by atoms with Gasteiger partial charge in [-0.25, -0.2) is 9.78 Å². The lowest BCUT2D eigenvalue weighted by Gasteiger charge is -2.34. The van der Waals surface area contributed by atoms with Crippen LogP contribution < -0.4 is 10.1 Å². The molecule has 0 aliphatic carbocycles. The SMILES string of the molecule is COc1ccc(CNC(=O)N2CCN(CCn3ccnc3C)CC2)cc1. The fraction of sp³-hybridized carbons (Fsp3) is 0.474. The number of nitrogens with zero attached hydrogens (tertiary/aromatic N) is 4. The molecule has 2 amide bonds. The number of amides is 2. The van der Waals surface area contributed by atoms with Gasteiger partial charge in [0.15, 0.2) is 0 Å². The fourth-order valence-electron chi connectivity index (χ4n) is 3.10. The summed E-state index contributed by atoms with van der Waals surface area (Å²) in [7, 11) is 1.65. The maximum Gasteiger partial charge on any atom is 0.317 e. The van der Waals surface area contributed by atoms with Gasteiger partial charge in [0.25, 0.3) is 0 Å². The van der Waals surface area contributed by atoms with Gasteiger partial charge in [-0.05, 0) is 24.6 Å². The van der Waals surface area contributed by atoms with Crippen molar-refractivity contribution in [3.8, 4) is 5.75 Å². The summed E-state index contributed by atoms with van der Waals surface area (Å²) in [5, 5.41) is 3.00. The predicted octanol–water partition coefficient (Wildman–Crippen LogP) is 1.73. The largest absolute Gasteiger partial charge is 0.497 e. The van der Waals surface area contributed by atoms with E-state index in [9.17, 15) is 4.79 Å². The van der Waals surface area contributed by atoms with E-state index in [1.807, 2.05) is 48.5 Å². The van der Waals surface area contributed by atoms with E-state index in [1.54, 1.807) is 7.11 Å². The van der Waals surface area contributed by atoms with E-state index in [0.29, 0.717) is 6.54 Å². The normalized spacial score (nSPS) is 15.1. The number of urea groups is 1. The Labute approximate surface area is 154 Å². The van der Waals surface area contributed by atoms with Crippen molar-refractivity contribution >= 4 is 6.03 Å². The van der Waals surface area contributed by atoms with Gasteiger partial charge < -0.3 is 19.5 Å². The molecule has 2 heterocycles. The molecule has 7 nitrogen and oxygen atoms in total. The van der Waals surface area contributed by atoms with Gasteiger partial charge in [0.2, 0.25) is 0 Å². The first-order valence-corrected chi connectivity index (χ1v) is 9.01. The summed E-state index contributed by atoms with van der Waals surface area (Å²) in [5.41, 5.74) is 1.06. The van der Waals surface area contributed by atoms with Crippen LogP contribution in [-0.2, 0) is 13.1 Å². The molecule has 1 aromatic heterocycles. The van der Waals surface area contributed by atoms with Crippen molar-refractivity contribution in [1.29, 1.82) is 0 Å². The zero-order valence-corrected chi connectivity index (χ0v) is 15.5. The second-order valence-electron chi connectivity index (χ2n) is 6.50. The summed E-state index contributed by atoms with van der Waals surface area (Å²) < 4.78 is 7.31. The standard InChI is InChI=1S/C19H27N5O2/c1-16-20-7-8-23(16)12-9-22-10-13-24(14-11-22)19(25)21-15-17-3-5-18(26-2)6-4-17/h3-8H,9-15H2,1-2H3,(H,21,25). The number of carbonyl (C=O) groups is 1. The zero-order valence-electron chi connectivity index (χ0n) is 15.5. The topological polar surface area (TPSA) is 62.6 Å². The van der Waals surface area contributed by atoms with E-state index in [2.05, 4.69) is 19.8 Å². The van der Waals surface area contributed by atoms with Crippen LogP contribution in [0.1, 0.15) is 11.4 Å². The van der Waals surface area contributed by atoms with Gasteiger partial charge >= 0.3 is 6.03 Å². The van der Waals surface area contributed by atoms with E-state index in [1.165, 1.54) is 0 Å².